The molecule has 0 spiro atoms. The van der Waals surface area contributed by atoms with Crippen LogP contribution in [-0.4, -0.2) is 16.7 Å². The van der Waals surface area contributed by atoms with Crippen molar-refractivity contribution < 1.29 is 0 Å². The van der Waals surface area contributed by atoms with Gasteiger partial charge in [-0.25, -0.2) is 0 Å². The molecule has 0 unspecified atom stereocenters. The van der Waals surface area contributed by atoms with Crippen LogP contribution in [0.5, 0.6) is 0 Å². The normalized spacial score (nSPS) is 12.5. The average Bonchev–Trinajstić information content (AvgIpc) is 2.97. The van der Waals surface area contributed by atoms with Gasteiger partial charge in [0.2, 0.25) is 0 Å². The van der Waals surface area contributed by atoms with E-state index in [2.05, 4.69) is 22.4 Å². The minimum absolute atomic E-state index is 0.320. The average molecular weight is 324 g/mol. The second kappa shape index (κ2) is 6.17. The molecule has 3 N–H and O–H groups in total. The smallest absolute Gasteiger partial charge is 0.132 e. The van der Waals surface area contributed by atoms with Crippen molar-refractivity contribution in [3.63, 3.8) is 0 Å². The highest BCUT2D eigenvalue weighted by atomic mass is 15.0. The summed E-state index contributed by atoms with van der Waals surface area (Å²) in [5.74, 6) is 0.646. The van der Waals surface area contributed by atoms with Crippen LogP contribution in [0.3, 0.4) is 0 Å². The predicted octanol–water partition coefficient (Wildman–Crippen LogP) is 4.33. The Labute approximate surface area is 145 Å². The zero-order valence-corrected chi connectivity index (χ0v) is 13.5. The first-order valence-electron chi connectivity index (χ1n) is 8.00. The standard InChI is InChI=1S/C12H9N3.C9H7N/c13-11-9-6-5-7-3-1-2-4-8(7)10(9)12(14)15-11;1-2-6-9-8(4-1)5-3-7-10-9/h1-6H,(H3,13,14,15);1-7H. The largest absolute Gasteiger partial charge is 0.325 e. The Balaban J connectivity index is 0.000000136. The molecule has 4 heteroatoms. The van der Waals surface area contributed by atoms with E-state index in [9.17, 15) is 0 Å². The van der Waals surface area contributed by atoms with Crippen molar-refractivity contribution in [1.82, 2.24) is 10.3 Å². The van der Waals surface area contributed by atoms with Gasteiger partial charge in [0.15, 0.2) is 0 Å². The van der Waals surface area contributed by atoms with Gasteiger partial charge in [0.05, 0.1) is 5.52 Å². The van der Waals surface area contributed by atoms with Crippen LogP contribution < -0.4 is 5.32 Å². The molecule has 1 aliphatic heterocycles. The molecule has 0 aliphatic carbocycles. The number of nitrogens with zero attached hydrogens (tertiary/aromatic N) is 1. The lowest BCUT2D eigenvalue weighted by Gasteiger charge is -2.02. The fourth-order valence-corrected chi connectivity index (χ4v) is 3.02. The van der Waals surface area contributed by atoms with Crippen molar-refractivity contribution in [2.75, 3.05) is 0 Å². The van der Waals surface area contributed by atoms with Crippen molar-refractivity contribution in [1.29, 1.82) is 10.8 Å². The van der Waals surface area contributed by atoms with Gasteiger partial charge < -0.3 is 5.32 Å². The Kier molecular flexibility index (Phi) is 3.71. The fraction of sp³-hybridized carbons (Fsp3) is 0. The summed E-state index contributed by atoms with van der Waals surface area (Å²) in [6, 6.07) is 23.9. The second-order valence-electron chi connectivity index (χ2n) is 5.78. The van der Waals surface area contributed by atoms with E-state index < -0.39 is 0 Å². The first kappa shape index (κ1) is 15.0. The molecular formula is C21H16N4. The Bertz CT molecular complexity index is 1050. The Hall–Kier alpha value is -3.53. The van der Waals surface area contributed by atoms with E-state index in [1.54, 1.807) is 0 Å². The van der Waals surface area contributed by atoms with Crippen LogP contribution in [0.1, 0.15) is 11.1 Å². The van der Waals surface area contributed by atoms with E-state index in [-0.39, 0.29) is 0 Å². The lowest BCUT2D eigenvalue weighted by Crippen LogP contribution is -2.20. The molecule has 0 fully saturated rings. The van der Waals surface area contributed by atoms with Gasteiger partial charge in [-0.3, -0.25) is 15.8 Å². The Morgan fingerprint density at radius 1 is 0.680 bits per heavy atom. The number of rotatable bonds is 0. The van der Waals surface area contributed by atoms with Gasteiger partial charge in [-0.05, 0) is 29.0 Å². The van der Waals surface area contributed by atoms with E-state index >= 15 is 0 Å². The minimum Gasteiger partial charge on any atom is -0.325 e. The van der Waals surface area contributed by atoms with Crippen molar-refractivity contribution in [2.45, 2.75) is 0 Å². The fourth-order valence-electron chi connectivity index (χ4n) is 3.02. The first-order valence-corrected chi connectivity index (χ1v) is 8.00. The first-order chi connectivity index (χ1) is 12.2. The summed E-state index contributed by atoms with van der Waals surface area (Å²) in [6.45, 7) is 0. The number of fused-ring (bicyclic) bond motifs is 4. The Morgan fingerprint density at radius 2 is 1.40 bits per heavy atom. The molecule has 5 rings (SSSR count). The molecule has 0 bridgehead atoms. The van der Waals surface area contributed by atoms with E-state index in [0.717, 1.165) is 27.4 Å². The van der Waals surface area contributed by atoms with Gasteiger partial charge in [0, 0.05) is 22.7 Å². The summed E-state index contributed by atoms with van der Waals surface area (Å²) >= 11 is 0. The van der Waals surface area contributed by atoms with Gasteiger partial charge in [-0.15, -0.1) is 0 Å². The molecule has 0 atom stereocenters. The maximum Gasteiger partial charge on any atom is 0.132 e. The van der Waals surface area contributed by atoms with E-state index in [0.29, 0.717) is 11.7 Å². The summed E-state index contributed by atoms with van der Waals surface area (Å²) in [5, 5.41) is 21.6. The van der Waals surface area contributed by atoms with Crippen LogP contribution in [0.2, 0.25) is 0 Å². The minimum atomic E-state index is 0.320. The number of benzene rings is 3. The van der Waals surface area contributed by atoms with Crippen molar-refractivity contribution in [3.05, 3.63) is 90.1 Å². The third-order valence-corrected chi connectivity index (χ3v) is 4.21. The lowest BCUT2D eigenvalue weighted by molar-refractivity contribution is 1.29. The van der Waals surface area contributed by atoms with Gasteiger partial charge in [0.1, 0.15) is 11.7 Å². The topological polar surface area (TPSA) is 72.6 Å². The molecule has 0 amide bonds. The van der Waals surface area contributed by atoms with Crippen molar-refractivity contribution in [3.8, 4) is 0 Å². The zero-order chi connectivity index (χ0) is 17.2. The third kappa shape index (κ3) is 2.74. The highest BCUT2D eigenvalue weighted by Gasteiger charge is 2.22. The highest BCUT2D eigenvalue weighted by Crippen LogP contribution is 2.25. The number of pyridine rings is 1. The monoisotopic (exact) mass is 324 g/mol. The molecule has 1 aliphatic rings. The molecule has 120 valence electrons. The SMILES string of the molecule is N=C1NC(=N)c2c1ccc1ccccc21.c1ccc2ncccc2c1. The summed E-state index contributed by atoms with van der Waals surface area (Å²) in [4.78, 5) is 4.18. The zero-order valence-electron chi connectivity index (χ0n) is 13.5. The summed E-state index contributed by atoms with van der Waals surface area (Å²) < 4.78 is 0. The summed E-state index contributed by atoms with van der Waals surface area (Å²) in [6.07, 6.45) is 1.81. The number of nitrogens with one attached hydrogen (secondary N) is 3. The second-order valence-corrected chi connectivity index (χ2v) is 5.78. The van der Waals surface area contributed by atoms with Crippen molar-refractivity contribution >= 4 is 33.3 Å². The van der Waals surface area contributed by atoms with E-state index in [1.807, 2.05) is 66.9 Å². The maximum absolute atomic E-state index is 7.79. The van der Waals surface area contributed by atoms with Gasteiger partial charge in [-0.1, -0.05) is 54.6 Å². The third-order valence-electron chi connectivity index (χ3n) is 4.21. The van der Waals surface area contributed by atoms with Crippen LogP contribution in [0, 0.1) is 10.8 Å². The predicted molar refractivity (Wildman–Crippen MR) is 102 cm³/mol. The van der Waals surface area contributed by atoms with Gasteiger partial charge in [-0.2, -0.15) is 0 Å². The number of aromatic nitrogens is 1. The van der Waals surface area contributed by atoms with Crippen LogP contribution >= 0.6 is 0 Å². The molecular weight excluding hydrogens is 308 g/mol. The summed E-state index contributed by atoms with van der Waals surface area (Å²) in [5.41, 5.74) is 2.72. The Morgan fingerprint density at radius 3 is 2.24 bits per heavy atom. The van der Waals surface area contributed by atoms with Crippen LogP contribution in [0.15, 0.2) is 79.0 Å². The number of para-hydroxylation sites is 1. The molecule has 0 saturated carbocycles. The molecule has 0 saturated heterocycles. The van der Waals surface area contributed by atoms with E-state index in [4.69, 9.17) is 10.8 Å². The molecule has 2 heterocycles. The quantitative estimate of drug-likeness (QED) is 0.450. The highest BCUT2D eigenvalue weighted by molar-refractivity contribution is 6.28. The van der Waals surface area contributed by atoms with Crippen LogP contribution in [0.4, 0.5) is 0 Å². The maximum atomic E-state index is 7.79. The van der Waals surface area contributed by atoms with E-state index in [1.165, 1.54) is 5.39 Å². The molecule has 0 radical (unpaired) electrons. The van der Waals surface area contributed by atoms with Gasteiger partial charge in [0.25, 0.3) is 0 Å². The van der Waals surface area contributed by atoms with Crippen LogP contribution in [0.25, 0.3) is 21.7 Å². The van der Waals surface area contributed by atoms with Gasteiger partial charge >= 0.3 is 0 Å². The lowest BCUT2D eigenvalue weighted by atomic mass is 10.0. The van der Waals surface area contributed by atoms with Crippen molar-refractivity contribution in [2.24, 2.45) is 0 Å². The molecule has 4 nitrogen and oxygen atoms in total. The number of hydrogen-bond acceptors (Lipinski definition) is 3. The molecule has 1 aromatic heterocycles. The molecule has 4 aromatic rings. The molecule has 25 heavy (non-hydrogen) atoms. The van der Waals surface area contributed by atoms with Crippen LogP contribution in [-0.2, 0) is 0 Å². The number of hydrogen-bond donors (Lipinski definition) is 3. The summed E-state index contributed by atoms with van der Waals surface area (Å²) in [7, 11) is 0. The number of amidine groups is 2. The molecule has 3 aromatic carbocycles.